The third-order valence-electron chi connectivity index (χ3n) is 3.06. The van der Waals surface area contributed by atoms with E-state index in [-0.39, 0.29) is 6.03 Å². The van der Waals surface area contributed by atoms with E-state index in [2.05, 4.69) is 20.8 Å². The molecule has 0 radical (unpaired) electrons. The zero-order valence-corrected chi connectivity index (χ0v) is 9.76. The molecule has 16 heavy (non-hydrogen) atoms. The average Bonchev–Trinajstić information content (AvgIpc) is 2.83. The van der Waals surface area contributed by atoms with Crippen molar-refractivity contribution in [3.05, 3.63) is 11.4 Å². The molecule has 0 aliphatic heterocycles. The molecule has 2 rings (SSSR count). The maximum Gasteiger partial charge on any atom is 0.319 e. The van der Waals surface area contributed by atoms with E-state index >= 15 is 0 Å². The summed E-state index contributed by atoms with van der Waals surface area (Å²) in [5.74, 6) is 0. The Morgan fingerprint density at radius 2 is 2.06 bits per heavy atom. The molecule has 0 bridgehead atoms. The number of carbonyl (C=O) groups excluding carboxylic acids is 1. The Bertz CT molecular complexity index is 360. The molecule has 2 amide bonds. The van der Waals surface area contributed by atoms with E-state index in [1.165, 1.54) is 12.8 Å². The van der Waals surface area contributed by atoms with Crippen LogP contribution in [-0.4, -0.2) is 22.3 Å². The standard InChI is InChI=1S/C11H18N4O/c1-7-10(8(2)15-14-7)13-11(16)12-9-5-3-4-6-9/h9H,3-6H2,1-2H3,(H,14,15)(H2,12,13,16). The highest BCUT2D eigenvalue weighted by Crippen LogP contribution is 2.19. The van der Waals surface area contributed by atoms with Crippen LogP contribution in [0.3, 0.4) is 0 Å². The van der Waals surface area contributed by atoms with Crippen molar-refractivity contribution >= 4 is 11.7 Å². The monoisotopic (exact) mass is 222 g/mol. The summed E-state index contributed by atoms with van der Waals surface area (Å²) >= 11 is 0. The van der Waals surface area contributed by atoms with Gasteiger partial charge in [-0.1, -0.05) is 12.8 Å². The van der Waals surface area contributed by atoms with Crippen LogP contribution in [0, 0.1) is 13.8 Å². The van der Waals surface area contributed by atoms with E-state index in [9.17, 15) is 4.79 Å². The first-order valence-electron chi connectivity index (χ1n) is 5.76. The minimum atomic E-state index is -0.125. The molecule has 1 saturated carbocycles. The summed E-state index contributed by atoms with van der Waals surface area (Å²) in [6.07, 6.45) is 4.62. The van der Waals surface area contributed by atoms with Crippen LogP contribution < -0.4 is 10.6 Å². The number of H-pyrrole nitrogens is 1. The molecule has 1 aliphatic carbocycles. The number of amides is 2. The SMILES string of the molecule is Cc1n[nH]c(C)c1NC(=O)NC1CCCC1. The highest BCUT2D eigenvalue weighted by molar-refractivity contribution is 5.90. The quantitative estimate of drug-likeness (QED) is 0.717. The number of anilines is 1. The van der Waals surface area contributed by atoms with Crippen molar-refractivity contribution in [3.63, 3.8) is 0 Å². The molecular weight excluding hydrogens is 204 g/mol. The minimum Gasteiger partial charge on any atom is -0.335 e. The molecule has 1 heterocycles. The molecule has 1 aromatic rings. The summed E-state index contributed by atoms with van der Waals surface area (Å²) in [5, 5.41) is 12.7. The first-order chi connectivity index (χ1) is 7.66. The van der Waals surface area contributed by atoms with Gasteiger partial charge in [0.2, 0.25) is 0 Å². The fourth-order valence-electron chi connectivity index (χ4n) is 2.14. The van der Waals surface area contributed by atoms with E-state index in [4.69, 9.17) is 0 Å². The Kier molecular flexibility index (Phi) is 3.12. The number of aryl methyl sites for hydroxylation is 2. The van der Waals surface area contributed by atoms with Gasteiger partial charge in [0.1, 0.15) is 0 Å². The summed E-state index contributed by atoms with van der Waals surface area (Å²) in [6.45, 7) is 3.76. The summed E-state index contributed by atoms with van der Waals surface area (Å²) in [7, 11) is 0. The van der Waals surface area contributed by atoms with Gasteiger partial charge in [-0.25, -0.2) is 4.79 Å². The van der Waals surface area contributed by atoms with E-state index in [1.54, 1.807) is 0 Å². The minimum absolute atomic E-state index is 0.125. The van der Waals surface area contributed by atoms with Crippen molar-refractivity contribution in [1.29, 1.82) is 0 Å². The Morgan fingerprint density at radius 1 is 1.38 bits per heavy atom. The second-order valence-corrected chi connectivity index (χ2v) is 4.39. The van der Waals surface area contributed by atoms with Crippen LogP contribution in [0.1, 0.15) is 37.1 Å². The maximum atomic E-state index is 11.7. The van der Waals surface area contributed by atoms with Gasteiger partial charge in [-0.05, 0) is 26.7 Å². The lowest BCUT2D eigenvalue weighted by Gasteiger charge is -2.12. The molecule has 88 valence electrons. The smallest absolute Gasteiger partial charge is 0.319 e. The molecule has 0 aromatic carbocycles. The van der Waals surface area contributed by atoms with Gasteiger partial charge in [-0.2, -0.15) is 5.10 Å². The third kappa shape index (κ3) is 2.35. The largest absolute Gasteiger partial charge is 0.335 e. The van der Waals surface area contributed by atoms with E-state index in [0.29, 0.717) is 6.04 Å². The zero-order chi connectivity index (χ0) is 11.5. The Hall–Kier alpha value is -1.52. The van der Waals surface area contributed by atoms with Crippen molar-refractivity contribution < 1.29 is 4.79 Å². The van der Waals surface area contributed by atoms with Gasteiger partial charge in [0.15, 0.2) is 0 Å². The summed E-state index contributed by atoms with van der Waals surface area (Å²) in [6, 6.07) is 0.215. The van der Waals surface area contributed by atoms with Crippen LogP contribution in [0.5, 0.6) is 0 Å². The van der Waals surface area contributed by atoms with Crippen LogP contribution in [0.25, 0.3) is 0 Å². The van der Waals surface area contributed by atoms with Crippen molar-refractivity contribution in [2.45, 2.75) is 45.6 Å². The molecule has 3 N–H and O–H groups in total. The lowest BCUT2D eigenvalue weighted by molar-refractivity contribution is 0.248. The molecule has 1 aliphatic rings. The predicted molar refractivity (Wildman–Crippen MR) is 62.5 cm³/mol. The number of rotatable bonds is 2. The highest BCUT2D eigenvalue weighted by atomic mass is 16.2. The maximum absolute atomic E-state index is 11.7. The highest BCUT2D eigenvalue weighted by Gasteiger charge is 2.18. The van der Waals surface area contributed by atoms with Crippen molar-refractivity contribution in [3.8, 4) is 0 Å². The van der Waals surface area contributed by atoms with Crippen LogP contribution in [-0.2, 0) is 0 Å². The Balaban J connectivity index is 1.91. The first kappa shape index (κ1) is 11.0. The number of carbonyl (C=O) groups is 1. The Morgan fingerprint density at radius 3 is 2.62 bits per heavy atom. The molecule has 1 fully saturated rings. The molecule has 0 atom stereocenters. The van der Waals surface area contributed by atoms with Gasteiger partial charge < -0.3 is 10.6 Å². The normalized spacial score (nSPS) is 16.4. The van der Waals surface area contributed by atoms with Gasteiger partial charge >= 0.3 is 6.03 Å². The van der Waals surface area contributed by atoms with Crippen LogP contribution >= 0.6 is 0 Å². The van der Waals surface area contributed by atoms with Crippen molar-refractivity contribution in [2.24, 2.45) is 0 Å². The summed E-state index contributed by atoms with van der Waals surface area (Å²) < 4.78 is 0. The lowest BCUT2D eigenvalue weighted by Crippen LogP contribution is -2.36. The number of urea groups is 1. The lowest BCUT2D eigenvalue weighted by atomic mass is 10.2. The second-order valence-electron chi connectivity index (χ2n) is 4.39. The van der Waals surface area contributed by atoms with Gasteiger partial charge in [-0.15, -0.1) is 0 Å². The van der Waals surface area contributed by atoms with Gasteiger partial charge in [0.25, 0.3) is 0 Å². The molecule has 0 spiro atoms. The second kappa shape index (κ2) is 4.55. The molecule has 0 unspecified atom stereocenters. The van der Waals surface area contributed by atoms with E-state index < -0.39 is 0 Å². The number of hydrogen-bond donors (Lipinski definition) is 3. The zero-order valence-electron chi connectivity index (χ0n) is 9.76. The van der Waals surface area contributed by atoms with Crippen LogP contribution in [0.2, 0.25) is 0 Å². The number of nitrogens with one attached hydrogen (secondary N) is 3. The summed E-state index contributed by atoms with van der Waals surface area (Å²) in [4.78, 5) is 11.7. The average molecular weight is 222 g/mol. The molecule has 0 saturated heterocycles. The Labute approximate surface area is 95.0 Å². The van der Waals surface area contributed by atoms with Gasteiger partial charge in [0.05, 0.1) is 17.1 Å². The number of aromatic nitrogens is 2. The van der Waals surface area contributed by atoms with Crippen LogP contribution in [0.15, 0.2) is 0 Å². The van der Waals surface area contributed by atoms with E-state index in [1.807, 2.05) is 13.8 Å². The predicted octanol–water partition coefficient (Wildman–Crippen LogP) is 2.09. The van der Waals surface area contributed by atoms with Crippen molar-refractivity contribution in [2.75, 3.05) is 5.32 Å². The van der Waals surface area contributed by atoms with Crippen LogP contribution in [0.4, 0.5) is 10.5 Å². The molecule has 5 heteroatoms. The molecular formula is C11H18N4O. The van der Waals surface area contributed by atoms with E-state index in [0.717, 1.165) is 29.9 Å². The number of aromatic amines is 1. The summed E-state index contributed by atoms with van der Waals surface area (Å²) in [5.41, 5.74) is 2.49. The van der Waals surface area contributed by atoms with Gasteiger partial charge in [0, 0.05) is 6.04 Å². The molecule has 1 aromatic heterocycles. The fourth-order valence-corrected chi connectivity index (χ4v) is 2.14. The topological polar surface area (TPSA) is 69.8 Å². The van der Waals surface area contributed by atoms with Gasteiger partial charge in [-0.3, -0.25) is 5.10 Å². The third-order valence-corrected chi connectivity index (χ3v) is 3.06. The first-order valence-corrected chi connectivity index (χ1v) is 5.76. The number of hydrogen-bond acceptors (Lipinski definition) is 2. The number of nitrogens with zero attached hydrogens (tertiary/aromatic N) is 1. The fraction of sp³-hybridized carbons (Fsp3) is 0.636. The molecule has 5 nitrogen and oxygen atoms in total. The van der Waals surface area contributed by atoms with Crippen molar-refractivity contribution in [1.82, 2.24) is 15.5 Å².